The van der Waals surface area contributed by atoms with Crippen molar-refractivity contribution in [1.82, 2.24) is 20.6 Å². The minimum atomic E-state index is -1.20. The number of carbonyl (C=O) groups is 2. The van der Waals surface area contributed by atoms with Gasteiger partial charge >= 0.3 is 6.09 Å². The smallest absolute Gasteiger partial charge is 0.405 e. The molecule has 1 aliphatic heterocycles. The molecule has 1 unspecified atom stereocenters. The largest absolute Gasteiger partial charge is 0.465 e. The van der Waals surface area contributed by atoms with Gasteiger partial charge in [-0.05, 0) is 50.1 Å². The molecule has 0 bridgehead atoms. The molecule has 37 heavy (non-hydrogen) atoms. The van der Waals surface area contributed by atoms with Gasteiger partial charge in [0.15, 0.2) is 0 Å². The van der Waals surface area contributed by atoms with Gasteiger partial charge in [0.25, 0.3) is 5.91 Å². The molecular weight excluding hydrogens is 482 g/mol. The highest BCUT2D eigenvalue weighted by atomic mass is 19.1. The summed E-state index contributed by atoms with van der Waals surface area (Å²) in [5.41, 5.74) is 0.0445. The summed E-state index contributed by atoms with van der Waals surface area (Å²) >= 11 is 0. The molecule has 1 saturated heterocycles. The Morgan fingerprint density at radius 2 is 1.95 bits per heavy atom. The average Bonchev–Trinajstić information content (AvgIpc) is 3.23. The Morgan fingerprint density at radius 3 is 2.57 bits per heavy atom. The number of carboxylic acid groups (broad SMARTS) is 1. The number of halogens is 2. The van der Waals surface area contributed by atoms with Crippen molar-refractivity contribution in [2.45, 2.75) is 31.8 Å². The van der Waals surface area contributed by atoms with E-state index in [2.05, 4.69) is 20.6 Å². The van der Waals surface area contributed by atoms with E-state index >= 15 is 0 Å². The third-order valence-electron chi connectivity index (χ3n) is 6.23. The van der Waals surface area contributed by atoms with Gasteiger partial charge in [0.2, 0.25) is 0 Å². The maximum Gasteiger partial charge on any atom is 0.405 e. The first kappa shape index (κ1) is 25.5. The number of hydrogen-bond donors (Lipinski definition) is 3. The fraction of sp³-hybridized carbons (Fsp3) is 0.269. The second-order valence-electron chi connectivity index (χ2n) is 9.13. The Balaban J connectivity index is 1.85. The van der Waals surface area contributed by atoms with Crippen LogP contribution in [-0.2, 0) is 0 Å². The molecule has 1 aliphatic rings. The van der Waals surface area contributed by atoms with Crippen molar-refractivity contribution >= 4 is 17.7 Å². The summed E-state index contributed by atoms with van der Waals surface area (Å²) < 4.78 is 28.5. The van der Waals surface area contributed by atoms with Crippen LogP contribution in [0.1, 0.15) is 48.1 Å². The van der Waals surface area contributed by atoms with Gasteiger partial charge in [0, 0.05) is 37.1 Å². The van der Waals surface area contributed by atoms with Crippen molar-refractivity contribution in [2.24, 2.45) is 0 Å². The predicted molar refractivity (Wildman–Crippen MR) is 131 cm³/mol. The van der Waals surface area contributed by atoms with Crippen LogP contribution in [0.25, 0.3) is 11.1 Å². The number of aromatic nitrogens is 2. The number of amides is 2. The van der Waals surface area contributed by atoms with Gasteiger partial charge in [-0.25, -0.2) is 18.6 Å². The number of benzene rings is 1. The van der Waals surface area contributed by atoms with E-state index in [1.54, 1.807) is 43.1 Å². The van der Waals surface area contributed by atoms with E-state index in [0.29, 0.717) is 24.7 Å². The Labute approximate surface area is 211 Å². The number of hydrogen-bond acceptors (Lipinski definition) is 6. The molecule has 190 valence electrons. The van der Waals surface area contributed by atoms with Gasteiger partial charge in [-0.2, -0.15) is 5.26 Å². The molecule has 2 atom stereocenters. The second-order valence-corrected chi connectivity index (χ2v) is 9.13. The SMILES string of the molecule is C[C@H](NC(=O)c1cnc(C#N)c(-c2cc(F)cc(F)c2)c1N1CCC(C)(NC(=O)O)C1)c1ccccn1. The van der Waals surface area contributed by atoms with Gasteiger partial charge in [-0.1, -0.05) is 6.07 Å². The van der Waals surface area contributed by atoms with Gasteiger partial charge in [0.1, 0.15) is 23.4 Å². The number of anilines is 1. The zero-order valence-corrected chi connectivity index (χ0v) is 20.1. The van der Waals surface area contributed by atoms with Crippen LogP contribution in [0, 0.1) is 23.0 Å². The first-order valence-corrected chi connectivity index (χ1v) is 11.5. The Hall–Kier alpha value is -4.59. The average molecular weight is 507 g/mol. The number of nitriles is 1. The lowest BCUT2D eigenvalue weighted by Gasteiger charge is -2.28. The lowest BCUT2D eigenvalue weighted by Crippen LogP contribution is -2.47. The molecule has 3 aromatic rings. The molecule has 3 N–H and O–H groups in total. The number of nitrogens with zero attached hydrogens (tertiary/aromatic N) is 4. The summed E-state index contributed by atoms with van der Waals surface area (Å²) in [7, 11) is 0. The van der Waals surface area contributed by atoms with E-state index in [1.165, 1.54) is 6.20 Å². The van der Waals surface area contributed by atoms with E-state index in [1.807, 2.05) is 6.07 Å². The lowest BCUT2D eigenvalue weighted by molar-refractivity contribution is 0.0939. The van der Waals surface area contributed by atoms with Crippen molar-refractivity contribution in [3.8, 4) is 17.2 Å². The fourth-order valence-corrected chi connectivity index (χ4v) is 4.55. The van der Waals surface area contributed by atoms with Gasteiger partial charge < -0.3 is 20.6 Å². The molecule has 11 heteroatoms. The molecule has 4 rings (SSSR count). The first-order valence-electron chi connectivity index (χ1n) is 11.5. The van der Waals surface area contributed by atoms with Gasteiger partial charge in [0.05, 0.1) is 28.5 Å². The van der Waals surface area contributed by atoms with Crippen LogP contribution in [0.5, 0.6) is 0 Å². The quantitative estimate of drug-likeness (QED) is 0.460. The first-order chi connectivity index (χ1) is 17.6. The van der Waals surface area contributed by atoms with Crippen LogP contribution in [0.15, 0.2) is 48.8 Å². The van der Waals surface area contributed by atoms with Crippen LogP contribution in [0.2, 0.25) is 0 Å². The van der Waals surface area contributed by atoms with Crippen molar-refractivity contribution in [3.05, 3.63) is 77.4 Å². The van der Waals surface area contributed by atoms with E-state index in [4.69, 9.17) is 0 Å². The second kappa shape index (κ2) is 10.2. The maximum atomic E-state index is 14.2. The van der Waals surface area contributed by atoms with Crippen molar-refractivity contribution in [1.29, 1.82) is 5.26 Å². The minimum Gasteiger partial charge on any atom is -0.465 e. The third-order valence-corrected chi connectivity index (χ3v) is 6.23. The Bertz CT molecular complexity index is 1370. The topological polar surface area (TPSA) is 131 Å². The number of pyridine rings is 2. The summed E-state index contributed by atoms with van der Waals surface area (Å²) in [6.45, 7) is 3.93. The standard InChI is InChI=1S/C26H24F2N6O3/c1-15(20-5-3-4-7-30-20)32-24(35)19-13-31-21(12-29)22(16-9-17(27)11-18(28)10-16)23(19)34-8-6-26(2,14-34)33-25(36)37/h3-5,7,9-11,13,15,33H,6,8,14H2,1-2H3,(H,32,35)(H,36,37)/t15-,26?/m0/s1. The van der Waals surface area contributed by atoms with Crippen LogP contribution < -0.4 is 15.5 Å². The molecular formula is C26H24F2N6O3. The van der Waals surface area contributed by atoms with E-state index in [0.717, 1.165) is 12.1 Å². The zero-order chi connectivity index (χ0) is 26.7. The zero-order valence-electron chi connectivity index (χ0n) is 20.1. The van der Waals surface area contributed by atoms with Crippen LogP contribution >= 0.6 is 0 Å². The van der Waals surface area contributed by atoms with Crippen molar-refractivity contribution in [3.63, 3.8) is 0 Å². The summed E-state index contributed by atoms with van der Waals surface area (Å²) in [4.78, 5) is 35.0. The molecule has 2 aromatic heterocycles. The molecule has 1 aromatic carbocycles. The highest BCUT2D eigenvalue weighted by Crippen LogP contribution is 2.40. The predicted octanol–water partition coefficient (Wildman–Crippen LogP) is 4.02. The molecule has 0 radical (unpaired) electrons. The van der Waals surface area contributed by atoms with E-state index in [9.17, 15) is 28.7 Å². The number of rotatable bonds is 6. The highest BCUT2D eigenvalue weighted by molar-refractivity contribution is 6.04. The monoisotopic (exact) mass is 506 g/mol. The van der Waals surface area contributed by atoms with Crippen molar-refractivity contribution in [2.75, 3.05) is 18.0 Å². The normalized spacial score (nSPS) is 17.6. The number of carbonyl (C=O) groups excluding carboxylic acids is 1. The van der Waals surface area contributed by atoms with E-state index < -0.39 is 35.2 Å². The summed E-state index contributed by atoms with van der Waals surface area (Å²) in [5.74, 6) is -2.26. The molecule has 0 spiro atoms. The molecule has 3 heterocycles. The number of nitrogens with one attached hydrogen (secondary N) is 2. The maximum absolute atomic E-state index is 14.2. The van der Waals surface area contributed by atoms with Crippen LogP contribution in [-0.4, -0.2) is 45.7 Å². The lowest BCUT2D eigenvalue weighted by atomic mass is 9.97. The Kier molecular flexibility index (Phi) is 7.02. The molecule has 0 saturated carbocycles. The Morgan fingerprint density at radius 1 is 1.22 bits per heavy atom. The van der Waals surface area contributed by atoms with Crippen LogP contribution in [0.3, 0.4) is 0 Å². The molecule has 2 amide bonds. The molecule has 1 fully saturated rings. The highest BCUT2D eigenvalue weighted by Gasteiger charge is 2.38. The molecule has 0 aliphatic carbocycles. The summed E-state index contributed by atoms with van der Waals surface area (Å²) in [5, 5.41) is 24.5. The van der Waals surface area contributed by atoms with Crippen molar-refractivity contribution < 1.29 is 23.5 Å². The summed E-state index contributed by atoms with van der Waals surface area (Å²) in [6.07, 6.45) is 2.04. The third kappa shape index (κ3) is 5.48. The van der Waals surface area contributed by atoms with Gasteiger partial charge in [-0.3, -0.25) is 9.78 Å². The minimum absolute atomic E-state index is 0.0313. The summed E-state index contributed by atoms with van der Waals surface area (Å²) in [6, 6.07) is 9.59. The van der Waals surface area contributed by atoms with Crippen LogP contribution in [0.4, 0.5) is 19.3 Å². The van der Waals surface area contributed by atoms with E-state index in [-0.39, 0.29) is 34.6 Å². The molecule has 9 nitrogen and oxygen atoms in total. The van der Waals surface area contributed by atoms with Gasteiger partial charge in [-0.15, -0.1) is 0 Å². The fourth-order valence-electron chi connectivity index (χ4n) is 4.55.